The van der Waals surface area contributed by atoms with Gasteiger partial charge in [0.25, 0.3) is 0 Å². The molecule has 0 bridgehead atoms. The van der Waals surface area contributed by atoms with Gasteiger partial charge in [-0.15, -0.1) is 0 Å². The van der Waals surface area contributed by atoms with Gasteiger partial charge in [0.05, 0.1) is 0 Å². The Morgan fingerprint density at radius 1 is 1.32 bits per heavy atom. The molecule has 0 fully saturated rings. The number of aromatic hydroxyl groups is 1. The Kier molecular flexibility index (Phi) is 6.21. The predicted molar refractivity (Wildman–Crippen MR) is 74.1 cm³/mol. The fourth-order valence-corrected chi connectivity index (χ4v) is 2.46. The van der Waals surface area contributed by atoms with Crippen molar-refractivity contribution < 1.29 is 19.8 Å². The Bertz CT molecular complexity index is 433. The number of aliphatic carboxylic acids is 1. The zero-order valence-corrected chi connectivity index (χ0v) is 11.4. The second-order valence-electron chi connectivity index (χ2n) is 4.10. The molecular formula is C13H17NO4S. The predicted octanol–water partition coefficient (Wildman–Crippen LogP) is 1.60. The van der Waals surface area contributed by atoms with Gasteiger partial charge in [0, 0.05) is 12.7 Å². The summed E-state index contributed by atoms with van der Waals surface area (Å²) in [6, 6.07) is 6.06. The first kappa shape index (κ1) is 15.4. The topological polar surface area (TPSA) is 86.6 Å². The number of thioether (sulfide) groups is 1. The largest absolute Gasteiger partial charge is 0.508 e. The fraction of sp³-hybridized carbons (Fsp3) is 0.385. The first-order valence-corrected chi connectivity index (χ1v) is 7.00. The van der Waals surface area contributed by atoms with Crippen LogP contribution in [-0.4, -0.2) is 33.9 Å². The summed E-state index contributed by atoms with van der Waals surface area (Å²) in [5.41, 5.74) is 1.06. The summed E-state index contributed by atoms with van der Waals surface area (Å²) in [7, 11) is 0. The number of amides is 1. The molecule has 6 heteroatoms. The monoisotopic (exact) mass is 283 g/mol. The molecule has 3 N–H and O–H groups in total. The number of phenols is 1. The van der Waals surface area contributed by atoms with Crippen molar-refractivity contribution in [2.24, 2.45) is 0 Å². The molecule has 0 saturated heterocycles. The molecule has 5 nitrogen and oxygen atoms in total. The zero-order valence-electron chi connectivity index (χ0n) is 10.6. The quantitative estimate of drug-likeness (QED) is 0.662. The molecular weight excluding hydrogens is 266 g/mol. The molecule has 0 heterocycles. The third-order valence-electron chi connectivity index (χ3n) is 2.43. The van der Waals surface area contributed by atoms with Gasteiger partial charge in [0.15, 0.2) is 0 Å². The van der Waals surface area contributed by atoms with Crippen molar-refractivity contribution in [2.45, 2.75) is 25.1 Å². The summed E-state index contributed by atoms with van der Waals surface area (Å²) < 4.78 is 0. The summed E-state index contributed by atoms with van der Waals surface area (Å²) in [5.74, 6) is 0.256. The molecule has 1 unspecified atom stereocenters. The zero-order chi connectivity index (χ0) is 14.3. The van der Waals surface area contributed by atoms with E-state index in [0.29, 0.717) is 12.2 Å². The smallest absolute Gasteiger partial charge is 0.326 e. The average Bonchev–Trinajstić information content (AvgIpc) is 2.34. The highest BCUT2D eigenvalue weighted by atomic mass is 32.2. The van der Waals surface area contributed by atoms with Crippen molar-refractivity contribution in [3.8, 4) is 5.75 Å². The lowest BCUT2D eigenvalue weighted by Gasteiger charge is -2.12. The number of hydrogen-bond donors (Lipinski definition) is 3. The van der Waals surface area contributed by atoms with Crippen molar-refractivity contribution in [3.05, 3.63) is 29.8 Å². The molecule has 1 rings (SSSR count). The van der Waals surface area contributed by atoms with Gasteiger partial charge in [-0.05, 0) is 29.9 Å². The summed E-state index contributed by atoms with van der Waals surface area (Å²) >= 11 is 1.59. The number of rotatable bonds is 7. The summed E-state index contributed by atoms with van der Waals surface area (Å²) in [5, 5.41) is 20.5. The molecule has 1 aromatic carbocycles. The fourth-order valence-electron chi connectivity index (χ4n) is 1.49. The maximum Gasteiger partial charge on any atom is 0.326 e. The highest BCUT2D eigenvalue weighted by molar-refractivity contribution is 7.98. The maximum atomic E-state index is 10.9. The highest BCUT2D eigenvalue weighted by Crippen LogP contribution is 2.16. The molecule has 1 aromatic rings. The van der Waals surface area contributed by atoms with Crippen molar-refractivity contribution in [3.63, 3.8) is 0 Å². The van der Waals surface area contributed by atoms with E-state index in [4.69, 9.17) is 10.2 Å². The van der Waals surface area contributed by atoms with E-state index in [9.17, 15) is 9.59 Å². The van der Waals surface area contributed by atoms with Gasteiger partial charge in [0.1, 0.15) is 11.8 Å². The van der Waals surface area contributed by atoms with Crippen molar-refractivity contribution >= 4 is 23.6 Å². The summed E-state index contributed by atoms with van der Waals surface area (Å²) in [6.45, 7) is 1.31. The van der Waals surface area contributed by atoms with Crippen molar-refractivity contribution in [2.75, 3.05) is 5.75 Å². The number of carbonyl (C=O) groups excluding carboxylic acids is 1. The number of benzene rings is 1. The van der Waals surface area contributed by atoms with Crippen molar-refractivity contribution in [1.82, 2.24) is 5.32 Å². The lowest BCUT2D eigenvalue weighted by atomic mass is 10.2. The lowest BCUT2D eigenvalue weighted by molar-refractivity contribution is -0.141. The lowest BCUT2D eigenvalue weighted by Crippen LogP contribution is -2.39. The number of hydrogen-bond acceptors (Lipinski definition) is 4. The van der Waals surface area contributed by atoms with Gasteiger partial charge < -0.3 is 15.5 Å². The SMILES string of the molecule is CC(=O)NC(CCSCc1ccc(O)cc1)C(=O)O. The molecule has 1 atom stereocenters. The van der Waals surface area contributed by atoms with Crippen LogP contribution in [0.4, 0.5) is 0 Å². The van der Waals surface area contributed by atoms with Crippen LogP contribution < -0.4 is 5.32 Å². The summed E-state index contributed by atoms with van der Waals surface area (Å²) in [6.07, 6.45) is 0.387. The highest BCUT2D eigenvalue weighted by Gasteiger charge is 2.17. The molecule has 0 aliphatic carbocycles. The Hall–Kier alpha value is -1.69. The van der Waals surface area contributed by atoms with E-state index in [0.717, 1.165) is 11.3 Å². The summed E-state index contributed by atoms with van der Waals surface area (Å²) in [4.78, 5) is 21.7. The number of carboxylic acids is 1. The molecule has 104 valence electrons. The second kappa shape index (κ2) is 7.68. The van der Waals surface area contributed by atoms with E-state index >= 15 is 0 Å². The van der Waals surface area contributed by atoms with Gasteiger partial charge in [-0.1, -0.05) is 12.1 Å². The third-order valence-corrected chi connectivity index (χ3v) is 3.49. The molecule has 19 heavy (non-hydrogen) atoms. The minimum atomic E-state index is -1.01. The van der Waals surface area contributed by atoms with E-state index in [-0.39, 0.29) is 11.7 Å². The number of nitrogens with one attached hydrogen (secondary N) is 1. The Morgan fingerprint density at radius 2 is 1.95 bits per heavy atom. The molecule has 0 aliphatic heterocycles. The van der Waals surface area contributed by atoms with Gasteiger partial charge in [-0.25, -0.2) is 4.79 Å². The minimum Gasteiger partial charge on any atom is -0.508 e. The standard InChI is InChI=1S/C13H17NO4S/c1-9(15)14-12(13(17)18)6-7-19-8-10-2-4-11(16)5-3-10/h2-5,12,16H,6-8H2,1H3,(H,14,15)(H,17,18). The van der Waals surface area contributed by atoms with E-state index in [2.05, 4.69) is 5.32 Å². The van der Waals surface area contributed by atoms with Crippen LogP contribution >= 0.6 is 11.8 Å². The molecule has 0 aromatic heterocycles. The Balaban J connectivity index is 2.30. The maximum absolute atomic E-state index is 10.9. The normalized spacial score (nSPS) is 11.8. The molecule has 0 aliphatic rings. The van der Waals surface area contributed by atoms with Gasteiger partial charge in [0.2, 0.25) is 5.91 Å². The Labute approximate surface area is 116 Å². The third kappa shape index (κ3) is 6.15. The first-order valence-electron chi connectivity index (χ1n) is 5.84. The van der Waals surface area contributed by atoms with Crippen LogP contribution in [0.1, 0.15) is 18.9 Å². The number of carbonyl (C=O) groups is 2. The van der Waals surface area contributed by atoms with Crippen LogP contribution in [0.25, 0.3) is 0 Å². The molecule has 0 saturated carbocycles. The van der Waals surface area contributed by atoms with Crippen LogP contribution in [0.2, 0.25) is 0 Å². The van der Waals surface area contributed by atoms with E-state index in [1.54, 1.807) is 23.9 Å². The average molecular weight is 283 g/mol. The van der Waals surface area contributed by atoms with Crippen LogP contribution in [0, 0.1) is 0 Å². The van der Waals surface area contributed by atoms with Crippen LogP contribution in [-0.2, 0) is 15.3 Å². The Morgan fingerprint density at radius 3 is 2.47 bits per heavy atom. The first-order chi connectivity index (χ1) is 8.99. The van der Waals surface area contributed by atoms with Gasteiger partial charge in [-0.3, -0.25) is 4.79 Å². The molecule has 0 radical (unpaired) electrons. The van der Waals surface area contributed by atoms with Crippen LogP contribution in [0.5, 0.6) is 5.75 Å². The van der Waals surface area contributed by atoms with Gasteiger partial charge in [-0.2, -0.15) is 11.8 Å². The van der Waals surface area contributed by atoms with Crippen LogP contribution in [0.15, 0.2) is 24.3 Å². The van der Waals surface area contributed by atoms with E-state index in [1.807, 2.05) is 12.1 Å². The van der Waals surface area contributed by atoms with Gasteiger partial charge >= 0.3 is 5.97 Å². The van der Waals surface area contributed by atoms with Crippen LogP contribution in [0.3, 0.4) is 0 Å². The van der Waals surface area contributed by atoms with Crippen molar-refractivity contribution in [1.29, 1.82) is 0 Å². The second-order valence-corrected chi connectivity index (χ2v) is 5.20. The molecule has 0 spiro atoms. The number of carboxylic acid groups (broad SMARTS) is 1. The number of phenolic OH excluding ortho intramolecular Hbond substituents is 1. The van der Waals surface area contributed by atoms with E-state index in [1.165, 1.54) is 6.92 Å². The molecule has 1 amide bonds. The van der Waals surface area contributed by atoms with E-state index < -0.39 is 12.0 Å². The minimum absolute atomic E-state index is 0.227.